The summed E-state index contributed by atoms with van der Waals surface area (Å²) in [6.45, 7) is 4.17. The van der Waals surface area contributed by atoms with Gasteiger partial charge in [0.25, 0.3) is 0 Å². The number of carbonyl (C=O) groups is 1. The highest BCUT2D eigenvalue weighted by Crippen LogP contribution is 2.20. The summed E-state index contributed by atoms with van der Waals surface area (Å²) >= 11 is 0. The molecule has 6 heteroatoms. The van der Waals surface area contributed by atoms with Gasteiger partial charge >= 0.3 is 5.97 Å². The van der Waals surface area contributed by atoms with Gasteiger partial charge in [0.15, 0.2) is 0 Å². The first-order chi connectivity index (χ1) is 9.24. The summed E-state index contributed by atoms with van der Waals surface area (Å²) in [5, 5.41) is 0. The number of benzene rings is 1. The molecule has 0 amide bonds. The van der Waals surface area contributed by atoms with Gasteiger partial charge in [0.05, 0.1) is 12.2 Å². The van der Waals surface area contributed by atoms with Crippen molar-refractivity contribution in [3.8, 4) is 0 Å². The Hall–Kier alpha value is -1.30. The van der Waals surface area contributed by atoms with Gasteiger partial charge < -0.3 is 9.64 Å². The fraction of sp³-hybridized carbons (Fsp3) is 0.500. The lowest BCUT2D eigenvalue weighted by Crippen LogP contribution is -2.45. The molecule has 112 valence electrons. The summed E-state index contributed by atoms with van der Waals surface area (Å²) in [6, 6.07) is 8.00. The zero-order valence-electron chi connectivity index (χ0n) is 11.7. The number of nitrogens with two attached hydrogens (primary N) is 1. The highest BCUT2D eigenvalue weighted by Gasteiger charge is 2.18. The number of rotatable bonds is 4. The summed E-state index contributed by atoms with van der Waals surface area (Å²) in [7, 11) is 0. The third-order valence-electron chi connectivity index (χ3n) is 3.47. The first kappa shape index (κ1) is 16.8. The molecular weight excluding hydrogens is 278 g/mol. The zero-order valence-corrected chi connectivity index (χ0v) is 12.5. The van der Waals surface area contributed by atoms with Crippen molar-refractivity contribution in [1.82, 2.24) is 5.43 Å². The van der Waals surface area contributed by atoms with Crippen molar-refractivity contribution in [1.29, 1.82) is 0 Å². The summed E-state index contributed by atoms with van der Waals surface area (Å²) in [6.07, 6.45) is 2.08. The molecule has 1 heterocycles. The second kappa shape index (κ2) is 8.09. The lowest BCUT2D eigenvalue weighted by Gasteiger charge is -2.33. The molecule has 0 unspecified atom stereocenters. The maximum absolute atomic E-state index is 11.6. The van der Waals surface area contributed by atoms with Crippen LogP contribution in [0.15, 0.2) is 24.3 Å². The average molecular weight is 300 g/mol. The van der Waals surface area contributed by atoms with Crippen LogP contribution in [0.4, 0.5) is 5.69 Å². The molecule has 1 aliphatic rings. The Morgan fingerprint density at radius 2 is 1.95 bits per heavy atom. The SMILES string of the molecule is CCOC(=O)c1ccc(N2CCC(NN)CC2)cc1.Cl. The number of hydrogen-bond donors (Lipinski definition) is 2. The van der Waals surface area contributed by atoms with Crippen LogP contribution in [0.1, 0.15) is 30.1 Å². The minimum atomic E-state index is -0.264. The lowest BCUT2D eigenvalue weighted by atomic mass is 10.0. The third-order valence-corrected chi connectivity index (χ3v) is 3.47. The van der Waals surface area contributed by atoms with Crippen LogP contribution in [0.2, 0.25) is 0 Å². The maximum Gasteiger partial charge on any atom is 0.338 e. The van der Waals surface area contributed by atoms with Crippen molar-refractivity contribution >= 4 is 24.1 Å². The van der Waals surface area contributed by atoms with Crippen molar-refractivity contribution in [2.24, 2.45) is 5.84 Å². The fourth-order valence-electron chi connectivity index (χ4n) is 2.33. The van der Waals surface area contributed by atoms with Crippen LogP contribution < -0.4 is 16.2 Å². The predicted molar refractivity (Wildman–Crippen MR) is 82.2 cm³/mol. The van der Waals surface area contributed by atoms with Gasteiger partial charge in [-0.25, -0.2) is 4.79 Å². The summed E-state index contributed by atoms with van der Waals surface area (Å²) in [4.78, 5) is 13.9. The van der Waals surface area contributed by atoms with Crippen LogP contribution in [0.3, 0.4) is 0 Å². The van der Waals surface area contributed by atoms with Gasteiger partial charge in [0.1, 0.15) is 0 Å². The van der Waals surface area contributed by atoms with Crippen molar-refractivity contribution in [2.45, 2.75) is 25.8 Å². The molecule has 2 rings (SSSR count). The van der Waals surface area contributed by atoms with Gasteiger partial charge in [-0.15, -0.1) is 12.4 Å². The highest BCUT2D eigenvalue weighted by atomic mass is 35.5. The van der Waals surface area contributed by atoms with Crippen molar-refractivity contribution in [3.05, 3.63) is 29.8 Å². The van der Waals surface area contributed by atoms with Gasteiger partial charge in [-0.05, 0) is 44.0 Å². The number of ether oxygens (including phenoxy) is 1. The molecule has 0 atom stereocenters. The van der Waals surface area contributed by atoms with E-state index in [1.165, 1.54) is 0 Å². The standard InChI is InChI=1S/C14H21N3O2.ClH/c1-2-19-14(18)11-3-5-13(6-4-11)17-9-7-12(16-15)8-10-17;/h3-6,12,16H,2,7-10,15H2,1H3;1H. The number of carbonyl (C=O) groups excluding carboxylic acids is 1. The van der Waals surface area contributed by atoms with Gasteiger partial charge in [0, 0.05) is 24.8 Å². The minimum Gasteiger partial charge on any atom is -0.462 e. The Morgan fingerprint density at radius 3 is 2.45 bits per heavy atom. The van der Waals surface area contributed by atoms with Crippen LogP contribution in [0, 0.1) is 0 Å². The molecule has 1 aromatic rings. The van der Waals surface area contributed by atoms with Crippen LogP contribution in [0.5, 0.6) is 0 Å². The second-order valence-electron chi connectivity index (χ2n) is 4.70. The number of piperidine rings is 1. The van der Waals surface area contributed by atoms with Gasteiger partial charge in [0.2, 0.25) is 0 Å². The Kier molecular flexibility index (Phi) is 6.78. The van der Waals surface area contributed by atoms with E-state index in [1.807, 2.05) is 31.2 Å². The molecule has 1 fully saturated rings. The van der Waals surface area contributed by atoms with E-state index in [2.05, 4.69) is 10.3 Å². The van der Waals surface area contributed by atoms with E-state index in [4.69, 9.17) is 10.6 Å². The Bertz CT molecular complexity index is 417. The van der Waals surface area contributed by atoms with Crippen LogP contribution in [-0.2, 0) is 4.74 Å². The molecule has 0 bridgehead atoms. The zero-order chi connectivity index (χ0) is 13.7. The fourth-order valence-corrected chi connectivity index (χ4v) is 2.33. The number of halogens is 1. The molecule has 0 radical (unpaired) electrons. The molecule has 1 aliphatic heterocycles. The van der Waals surface area contributed by atoms with Gasteiger partial charge in [-0.1, -0.05) is 0 Å². The van der Waals surface area contributed by atoms with Crippen LogP contribution in [0.25, 0.3) is 0 Å². The highest BCUT2D eigenvalue weighted by molar-refractivity contribution is 5.89. The van der Waals surface area contributed by atoms with E-state index in [0.29, 0.717) is 18.2 Å². The smallest absolute Gasteiger partial charge is 0.338 e. The third kappa shape index (κ3) is 4.10. The Morgan fingerprint density at radius 1 is 1.35 bits per heavy atom. The summed E-state index contributed by atoms with van der Waals surface area (Å²) in [5.41, 5.74) is 4.57. The van der Waals surface area contributed by atoms with E-state index >= 15 is 0 Å². The van der Waals surface area contributed by atoms with E-state index in [9.17, 15) is 4.79 Å². The molecule has 1 saturated heterocycles. The van der Waals surface area contributed by atoms with E-state index in [1.54, 1.807) is 0 Å². The number of esters is 1. The van der Waals surface area contributed by atoms with Crippen LogP contribution in [-0.4, -0.2) is 31.7 Å². The molecule has 3 N–H and O–H groups in total. The van der Waals surface area contributed by atoms with Gasteiger partial charge in [-0.2, -0.15) is 0 Å². The average Bonchev–Trinajstić information content (AvgIpc) is 2.48. The lowest BCUT2D eigenvalue weighted by molar-refractivity contribution is 0.0526. The molecule has 0 saturated carbocycles. The summed E-state index contributed by atoms with van der Waals surface area (Å²) < 4.78 is 4.97. The summed E-state index contributed by atoms with van der Waals surface area (Å²) in [5.74, 6) is 5.19. The second-order valence-corrected chi connectivity index (χ2v) is 4.70. The Labute approximate surface area is 125 Å². The number of hydrogen-bond acceptors (Lipinski definition) is 5. The number of nitrogens with one attached hydrogen (secondary N) is 1. The number of nitrogens with zero attached hydrogens (tertiary/aromatic N) is 1. The normalized spacial score (nSPS) is 15.6. The molecule has 1 aromatic carbocycles. The number of hydrazine groups is 1. The predicted octanol–water partition coefficient (Wildman–Crippen LogP) is 1.72. The Balaban J connectivity index is 0.00000200. The van der Waals surface area contributed by atoms with E-state index in [0.717, 1.165) is 31.6 Å². The number of anilines is 1. The maximum atomic E-state index is 11.6. The van der Waals surface area contributed by atoms with E-state index in [-0.39, 0.29) is 18.4 Å². The van der Waals surface area contributed by atoms with Crippen molar-refractivity contribution in [2.75, 3.05) is 24.6 Å². The van der Waals surface area contributed by atoms with Crippen LogP contribution >= 0.6 is 12.4 Å². The quantitative estimate of drug-likeness (QED) is 0.503. The van der Waals surface area contributed by atoms with Gasteiger partial charge in [-0.3, -0.25) is 11.3 Å². The molecular formula is C14H22ClN3O2. The largest absolute Gasteiger partial charge is 0.462 e. The van der Waals surface area contributed by atoms with E-state index < -0.39 is 0 Å². The minimum absolute atomic E-state index is 0. The molecule has 20 heavy (non-hydrogen) atoms. The first-order valence-electron chi connectivity index (χ1n) is 6.73. The van der Waals surface area contributed by atoms with Crippen molar-refractivity contribution < 1.29 is 9.53 Å². The topological polar surface area (TPSA) is 67.6 Å². The molecule has 0 aromatic heterocycles. The monoisotopic (exact) mass is 299 g/mol. The molecule has 0 aliphatic carbocycles. The molecule has 5 nitrogen and oxygen atoms in total. The first-order valence-corrected chi connectivity index (χ1v) is 6.73. The molecule has 0 spiro atoms. The van der Waals surface area contributed by atoms with Crippen molar-refractivity contribution in [3.63, 3.8) is 0 Å².